The first-order chi connectivity index (χ1) is 10.8. The van der Waals surface area contributed by atoms with E-state index < -0.39 is 0 Å². The molecule has 0 atom stereocenters. The number of carbonyl (C=O) groups is 1. The fourth-order valence-corrected chi connectivity index (χ4v) is 2.67. The average Bonchev–Trinajstić information content (AvgIpc) is 2.88. The minimum atomic E-state index is -0.0329. The van der Waals surface area contributed by atoms with Crippen molar-refractivity contribution < 1.29 is 14.6 Å². The number of rotatable bonds is 5. The molecule has 0 aliphatic rings. The van der Waals surface area contributed by atoms with E-state index in [0.717, 1.165) is 22.8 Å². The monoisotopic (exact) mass is 297 g/mol. The molecule has 0 aliphatic heterocycles. The van der Waals surface area contributed by atoms with Crippen molar-refractivity contribution in [3.63, 3.8) is 0 Å². The summed E-state index contributed by atoms with van der Waals surface area (Å²) < 4.78 is 7.14. The van der Waals surface area contributed by atoms with Crippen molar-refractivity contribution in [2.45, 2.75) is 6.54 Å². The van der Waals surface area contributed by atoms with Gasteiger partial charge in [0.15, 0.2) is 6.29 Å². The van der Waals surface area contributed by atoms with Gasteiger partial charge in [-0.25, -0.2) is 9.97 Å². The van der Waals surface area contributed by atoms with Gasteiger partial charge in [-0.05, 0) is 18.2 Å². The molecule has 2 heterocycles. The van der Waals surface area contributed by atoms with Crippen LogP contribution in [0.25, 0.3) is 22.2 Å². The number of fused-ring (bicyclic) bond motifs is 1. The molecule has 1 N–H and O–H groups in total. The Morgan fingerprint density at radius 2 is 2.09 bits per heavy atom. The van der Waals surface area contributed by atoms with Crippen LogP contribution in [-0.2, 0) is 6.54 Å². The highest BCUT2D eigenvalue weighted by molar-refractivity contribution is 6.05. The van der Waals surface area contributed by atoms with Gasteiger partial charge in [0.2, 0.25) is 0 Å². The molecule has 0 saturated heterocycles. The number of aldehydes is 1. The van der Waals surface area contributed by atoms with Crippen LogP contribution in [0.3, 0.4) is 0 Å². The molecule has 2 aromatic heterocycles. The van der Waals surface area contributed by atoms with Crippen LogP contribution in [-0.4, -0.2) is 39.6 Å². The Balaban J connectivity index is 2.37. The Morgan fingerprint density at radius 1 is 1.32 bits per heavy atom. The maximum atomic E-state index is 11.7. The maximum Gasteiger partial charge on any atom is 0.152 e. The molecule has 3 aromatic rings. The lowest BCUT2D eigenvalue weighted by atomic mass is 10.1. The molecular formula is C16H15N3O3. The van der Waals surface area contributed by atoms with Gasteiger partial charge in [0.25, 0.3) is 0 Å². The van der Waals surface area contributed by atoms with Crippen molar-refractivity contribution in [3.05, 3.63) is 42.5 Å². The zero-order valence-electron chi connectivity index (χ0n) is 12.1. The van der Waals surface area contributed by atoms with E-state index in [1.165, 1.54) is 6.33 Å². The quantitative estimate of drug-likeness (QED) is 0.728. The number of hydrogen-bond donors (Lipinski definition) is 1. The lowest BCUT2D eigenvalue weighted by molar-refractivity contribution is 0.112. The van der Waals surface area contributed by atoms with Crippen LogP contribution in [0.5, 0.6) is 5.75 Å². The molecule has 6 heteroatoms. The van der Waals surface area contributed by atoms with Gasteiger partial charge < -0.3 is 14.4 Å². The Morgan fingerprint density at radius 3 is 2.73 bits per heavy atom. The number of benzene rings is 1. The summed E-state index contributed by atoms with van der Waals surface area (Å²) in [6.45, 7) is 0.343. The van der Waals surface area contributed by atoms with Gasteiger partial charge >= 0.3 is 0 Å². The Kier molecular flexibility index (Phi) is 3.84. The number of aromatic nitrogens is 3. The van der Waals surface area contributed by atoms with Crippen molar-refractivity contribution in [3.8, 4) is 17.0 Å². The molecule has 0 spiro atoms. The third-order valence-electron chi connectivity index (χ3n) is 3.59. The summed E-state index contributed by atoms with van der Waals surface area (Å²) >= 11 is 0. The third-order valence-corrected chi connectivity index (χ3v) is 3.59. The first-order valence-electron chi connectivity index (χ1n) is 6.81. The zero-order chi connectivity index (χ0) is 15.5. The van der Waals surface area contributed by atoms with Crippen molar-refractivity contribution in [1.29, 1.82) is 0 Å². The van der Waals surface area contributed by atoms with Crippen molar-refractivity contribution in [1.82, 2.24) is 14.5 Å². The smallest absolute Gasteiger partial charge is 0.152 e. The van der Waals surface area contributed by atoms with Gasteiger partial charge in [0.1, 0.15) is 12.1 Å². The minimum Gasteiger partial charge on any atom is -0.497 e. The lowest BCUT2D eigenvalue weighted by Crippen LogP contribution is -2.04. The Labute approximate surface area is 127 Å². The largest absolute Gasteiger partial charge is 0.497 e. The number of carbonyl (C=O) groups excluding carboxylic acids is 1. The normalized spacial score (nSPS) is 10.8. The predicted octanol–water partition coefficient (Wildman–Crippen LogP) is 1.91. The molecule has 22 heavy (non-hydrogen) atoms. The highest BCUT2D eigenvalue weighted by Crippen LogP contribution is 2.34. The van der Waals surface area contributed by atoms with E-state index in [1.54, 1.807) is 19.5 Å². The molecule has 0 fully saturated rings. The van der Waals surface area contributed by atoms with Crippen LogP contribution < -0.4 is 4.74 Å². The molecule has 6 nitrogen and oxygen atoms in total. The summed E-state index contributed by atoms with van der Waals surface area (Å²) in [5, 5.41) is 10.1. The van der Waals surface area contributed by atoms with Gasteiger partial charge in [0.05, 0.1) is 19.4 Å². The second kappa shape index (κ2) is 5.95. The van der Waals surface area contributed by atoms with E-state index in [2.05, 4.69) is 9.97 Å². The van der Waals surface area contributed by atoms with Gasteiger partial charge in [-0.1, -0.05) is 0 Å². The van der Waals surface area contributed by atoms with Gasteiger partial charge in [-0.15, -0.1) is 0 Å². The molecular weight excluding hydrogens is 282 g/mol. The number of ether oxygens (including phenoxy) is 1. The molecule has 1 aromatic carbocycles. The zero-order valence-corrected chi connectivity index (χ0v) is 12.1. The summed E-state index contributed by atoms with van der Waals surface area (Å²) in [5.41, 5.74) is 2.83. The van der Waals surface area contributed by atoms with Crippen LogP contribution in [0.1, 0.15) is 10.4 Å². The van der Waals surface area contributed by atoms with Crippen molar-refractivity contribution in [2.75, 3.05) is 13.7 Å². The number of methoxy groups -OCH3 is 1. The fraction of sp³-hybridized carbons (Fsp3) is 0.188. The fourth-order valence-electron chi connectivity index (χ4n) is 2.67. The number of nitrogens with zero attached hydrogens (tertiary/aromatic N) is 3. The molecule has 0 aliphatic carbocycles. The third kappa shape index (κ3) is 2.23. The number of aliphatic hydroxyl groups excluding tert-OH is 1. The first-order valence-corrected chi connectivity index (χ1v) is 6.81. The van der Waals surface area contributed by atoms with Crippen LogP contribution in [0.4, 0.5) is 0 Å². The molecule has 0 saturated carbocycles. The van der Waals surface area contributed by atoms with Crippen LogP contribution in [0, 0.1) is 0 Å². The van der Waals surface area contributed by atoms with Gasteiger partial charge in [-0.2, -0.15) is 0 Å². The molecule has 3 rings (SSSR count). The molecule has 0 amide bonds. The van der Waals surface area contributed by atoms with E-state index in [4.69, 9.17) is 4.74 Å². The average molecular weight is 297 g/mol. The predicted molar refractivity (Wildman–Crippen MR) is 82.0 cm³/mol. The van der Waals surface area contributed by atoms with Crippen molar-refractivity contribution in [2.24, 2.45) is 0 Å². The SMILES string of the molecule is COc1ccc2c(c1)c(C=O)c(-c1cncnc1)n2CCO. The second-order valence-corrected chi connectivity index (χ2v) is 4.77. The maximum absolute atomic E-state index is 11.7. The lowest BCUT2D eigenvalue weighted by Gasteiger charge is -2.09. The molecule has 0 radical (unpaired) electrons. The topological polar surface area (TPSA) is 77.2 Å². The molecule has 0 bridgehead atoms. The first kappa shape index (κ1) is 14.2. The Hall–Kier alpha value is -2.73. The molecule has 112 valence electrons. The van der Waals surface area contributed by atoms with Crippen LogP contribution in [0.15, 0.2) is 36.9 Å². The van der Waals surface area contributed by atoms with E-state index in [9.17, 15) is 9.90 Å². The van der Waals surface area contributed by atoms with Gasteiger partial charge in [-0.3, -0.25) is 4.79 Å². The minimum absolute atomic E-state index is 0.0329. The van der Waals surface area contributed by atoms with E-state index >= 15 is 0 Å². The second-order valence-electron chi connectivity index (χ2n) is 4.77. The van der Waals surface area contributed by atoms with Crippen LogP contribution in [0.2, 0.25) is 0 Å². The number of aliphatic hydroxyl groups is 1. The van der Waals surface area contributed by atoms with Crippen LogP contribution >= 0.6 is 0 Å². The summed E-state index contributed by atoms with van der Waals surface area (Å²) in [6, 6.07) is 5.53. The summed E-state index contributed by atoms with van der Waals surface area (Å²) in [6.07, 6.45) is 5.56. The highest BCUT2D eigenvalue weighted by Gasteiger charge is 2.19. The van der Waals surface area contributed by atoms with Crippen molar-refractivity contribution >= 4 is 17.2 Å². The van der Waals surface area contributed by atoms with E-state index in [-0.39, 0.29) is 6.61 Å². The number of hydrogen-bond acceptors (Lipinski definition) is 5. The van der Waals surface area contributed by atoms with E-state index in [0.29, 0.717) is 23.6 Å². The standard InChI is InChI=1S/C16H15N3O3/c1-22-12-2-3-15-13(6-12)14(9-21)16(19(15)4-5-20)11-7-17-10-18-8-11/h2-3,6-10,20H,4-5H2,1H3. The molecule has 0 unspecified atom stereocenters. The summed E-state index contributed by atoms with van der Waals surface area (Å²) in [5.74, 6) is 0.674. The highest BCUT2D eigenvalue weighted by atomic mass is 16.5. The summed E-state index contributed by atoms with van der Waals surface area (Å²) in [4.78, 5) is 19.7. The summed E-state index contributed by atoms with van der Waals surface area (Å²) in [7, 11) is 1.58. The Bertz CT molecular complexity index is 812. The van der Waals surface area contributed by atoms with E-state index in [1.807, 2.05) is 22.8 Å². The van der Waals surface area contributed by atoms with Gasteiger partial charge in [0, 0.05) is 41.0 Å².